The van der Waals surface area contributed by atoms with E-state index < -0.39 is 23.8 Å². The molecule has 0 bridgehead atoms. The van der Waals surface area contributed by atoms with Gasteiger partial charge >= 0.3 is 11.9 Å². The zero-order chi connectivity index (χ0) is 18.0. The van der Waals surface area contributed by atoms with Crippen LogP contribution in [0.4, 0.5) is 0 Å². The molecule has 24 heavy (non-hydrogen) atoms. The minimum atomic E-state index is -1.01. The zero-order valence-electron chi connectivity index (χ0n) is 14.2. The second-order valence-corrected chi connectivity index (χ2v) is 5.43. The molecule has 128 valence electrons. The molecule has 0 radical (unpaired) electrons. The number of H-pyrrole nitrogens is 1. The largest absolute Gasteiger partial charge is 0.465 e. The molecule has 0 spiro atoms. The van der Waals surface area contributed by atoms with E-state index in [1.54, 1.807) is 20.9 Å². The van der Waals surface area contributed by atoms with Crippen LogP contribution in [0.15, 0.2) is 12.4 Å². The molecule has 0 saturated heterocycles. The van der Waals surface area contributed by atoms with Crippen LogP contribution in [0, 0.1) is 13.8 Å². The number of nitrogens with one attached hydrogen (secondary N) is 1. The number of ether oxygens (including phenoxy) is 2. The standard InChI is InChI=1S/C16H19N3O5/c1-8-12(16(22)23-5)9(2)18-13(8)14(20)10(3)24-15(21)11-6-17-19(4)7-11/h6-7,10,18H,1-5H3/t10-/m1/s1. The molecule has 0 saturated carbocycles. The summed E-state index contributed by atoms with van der Waals surface area (Å²) in [5.41, 5.74) is 1.78. The van der Waals surface area contributed by atoms with Crippen molar-refractivity contribution in [2.75, 3.05) is 7.11 Å². The van der Waals surface area contributed by atoms with Gasteiger partial charge in [0.25, 0.3) is 0 Å². The van der Waals surface area contributed by atoms with Crippen LogP contribution in [0.1, 0.15) is 49.4 Å². The topological polar surface area (TPSA) is 103 Å². The molecule has 2 aromatic heterocycles. The van der Waals surface area contributed by atoms with Crippen molar-refractivity contribution in [3.63, 3.8) is 0 Å². The van der Waals surface area contributed by atoms with E-state index in [2.05, 4.69) is 10.1 Å². The van der Waals surface area contributed by atoms with Gasteiger partial charge in [0.05, 0.1) is 30.1 Å². The Balaban J connectivity index is 2.19. The number of hydrogen-bond donors (Lipinski definition) is 1. The van der Waals surface area contributed by atoms with E-state index in [1.165, 1.54) is 31.1 Å². The Morgan fingerprint density at radius 2 is 1.92 bits per heavy atom. The van der Waals surface area contributed by atoms with Gasteiger partial charge in [0.2, 0.25) is 5.78 Å². The molecule has 8 nitrogen and oxygen atoms in total. The number of esters is 2. The van der Waals surface area contributed by atoms with Gasteiger partial charge in [-0.25, -0.2) is 9.59 Å². The van der Waals surface area contributed by atoms with Crippen LogP contribution in [0.3, 0.4) is 0 Å². The molecule has 1 atom stereocenters. The minimum Gasteiger partial charge on any atom is -0.465 e. The highest BCUT2D eigenvalue weighted by atomic mass is 16.5. The number of aryl methyl sites for hydroxylation is 2. The van der Waals surface area contributed by atoms with Gasteiger partial charge in [-0.2, -0.15) is 5.10 Å². The Bertz CT molecular complexity index is 803. The number of aromatic amines is 1. The van der Waals surface area contributed by atoms with Crippen LogP contribution in [-0.4, -0.2) is 45.7 Å². The van der Waals surface area contributed by atoms with Crippen molar-refractivity contribution in [2.45, 2.75) is 26.9 Å². The van der Waals surface area contributed by atoms with E-state index >= 15 is 0 Å². The van der Waals surface area contributed by atoms with Crippen LogP contribution < -0.4 is 0 Å². The number of rotatable bonds is 5. The first kappa shape index (κ1) is 17.5. The first-order chi connectivity index (χ1) is 11.3. The molecule has 0 aliphatic carbocycles. The molecule has 2 aromatic rings. The fourth-order valence-electron chi connectivity index (χ4n) is 2.42. The lowest BCUT2D eigenvalue weighted by atomic mass is 10.1. The van der Waals surface area contributed by atoms with E-state index in [-0.39, 0.29) is 11.3 Å². The Morgan fingerprint density at radius 3 is 2.46 bits per heavy atom. The average Bonchev–Trinajstić information content (AvgIpc) is 3.09. The molecule has 0 aromatic carbocycles. The van der Waals surface area contributed by atoms with Crippen molar-refractivity contribution in [1.82, 2.24) is 14.8 Å². The van der Waals surface area contributed by atoms with Gasteiger partial charge in [-0.3, -0.25) is 9.48 Å². The number of hydrogen-bond acceptors (Lipinski definition) is 6. The molecule has 2 heterocycles. The second-order valence-electron chi connectivity index (χ2n) is 5.43. The maximum absolute atomic E-state index is 12.5. The fraction of sp³-hybridized carbons (Fsp3) is 0.375. The van der Waals surface area contributed by atoms with Crippen molar-refractivity contribution in [2.24, 2.45) is 7.05 Å². The van der Waals surface area contributed by atoms with Gasteiger partial charge in [-0.1, -0.05) is 0 Å². The Labute approximate surface area is 138 Å². The van der Waals surface area contributed by atoms with Gasteiger partial charge in [0.1, 0.15) is 0 Å². The second kappa shape index (κ2) is 6.69. The van der Waals surface area contributed by atoms with Gasteiger partial charge in [0, 0.05) is 18.9 Å². The van der Waals surface area contributed by atoms with Crippen molar-refractivity contribution in [1.29, 1.82) is 0 Å². The molecule has 2 rings (SSSR count). The fourth-order valence-corrected chi connectivity index (χ4v) is 2.42. The summed E-state index contributed by atoms with van der Waals surface area (Å²) >= 11 is 0. The third-order valence-corrected chi connectivity index (χ3v) is 3.67. The van der Waals surface area contributed by atoms with Crippen molar-refractivity contribution in [3.8, 4) is 0 Å². The predicted octanol–water partition coefficient (Wildman–Crippen LogP) is 1.58. The summed E-state index contributed by atoms with van der Waals surface area (Å²) < 4.78 is 11.4. The van der Waals surface area contributed by atoms with Crippen molar-refractivity contribution < 1.29 is 23.9 Å². The SMILES string of the molecule is COC(=O)c1c(C)[nH]c(C(=O)[C@@H](C)OC(=O)c2cnn(C)c2)c1C. The molecule has 0 aliphatic rings. The maximum Gasteiger partial charge on any atom is 0.342 e. The molecule has 1 N–H and O–H groups in total. The summed E-state index contributed by atoms with van der Waals surface area (Å²) in [6, 6.07) is 0. The summed E-state index contributed by atoms with van der Waals surface area (Å²) in [4.78, 5) is 39.2. The molecular weight excluding hydrogens is 314 g/mol. The monoisotopic (exact) mass is 333 g/mol. The molecule has 8 heteroatoms. The number of Topliss-reactive ketones (excluding diaryl/α,β-unsaturated/α-hetero) is 1. The van der Waals surface area contributed by atoms with Gasteiger partial charge in [-0.15, -0.1) is 0 Å². The average molecular weight is 333 g/mol. The quantitative estimate of drug-likeness (QED) is 0.658. The lowest BCUT2D eigenvalue weighted by Gasteiger charge is -2.11. The summed E-state index contributed by atoms with van der Waals surface area (Å²) in [6.45, 7) is 4.78. The smallest absolute Gasteiger partial charge is 0.342 e. The molecule has 0 unspecified atom stereocenters. The van der Waals surface area contributed by atoms with Crippen LogP contribution in [-0.2, 0) is 16.5 Å². The number of carbonyl (C=O) groups is 3. The molecule has 0 amide bonds. The summed E-state index contributed by atoms with van der Waals surface area (Å²) in [5.74, 6) is -1.60. The Morgan fingerprint density at radius 1 is 1.25 bits per heavy atom. The number of carbonyl (C=O) groups excluding carboxylic acids is 3. The summed E-state index contributed by atoms with van der Waals surface area (Å²) in [5, 5.41) is 3.88. The zero-order valence-corrected chi connectivity index (χ0v) is 14.2. The van der Waals surface area contributed by atoms with Crippen LogP contribution in [0.5, 0.6) is 0 Å². The van der Waals surface area contributed by atoms with Gasteiger partial charge in [0.15, 0.2) is 6.10 Å². The third kappa shape index (κ3) is 3.22. The molecule has 0 aliphatic heterocycles. The molecule has 0 fully saturated rings. The number of ketones is 1. The number of methoxy groups -OCH3 is 1. The minimum absolute atomic E-state index is 0.222. The predicted molar refractivity (Wildman–Crippen MR) is 84.0 cm³/mol. The van der Waals surface area contributed by atoms with E-state index in [9.17, 15) is 14.4 Å². The Kier molecular flexibility index (Phi) is 4.87. The van der Waals surface area contributed by atoms with E-state index in [1.807, 2.05) is 0 Å². The first-order valence-electron chi connectivity index (χ1n) is 7.27. The normalized spacial score (nSPS) is 11.9. The summed E-state index contributed by atoms with van der Waals surface area (Å²) in [6.07, 6.45) is 1.85. The first-order valence-corrected chi connectivity index (χ1v) is 7.27. The highest BCUT2D eigenvalue weighted by molar-refractivity contribution is 6.04. The van der Waals surface area contributed by atoms with E-state index in [0.717, 1.165) is 0 Å². The van der Waals surface area contributed by atoms with Crippen molar-refractivity contribution >= 4 is 17.7 Å². The van der Waals surface area contributed by atoms with E-state index in [4.69, 9.17) is 9.47 Å². The third-order valence-electron chi connectivity index (χ3n) is 3.67. The Hall–Kier alpha value is -2.90. The van der Waals surface area contributed by atoms with Gasteiger partial charge < -0.3 is 14.5 Å². The van der Waals surface area contributed by atoms with Crippen LogP contribution in [0.25, 0.3) is 0 Å². The van der Waals surface area contributed by atoms with Crippen LogP contribution >= 0.6 is 0 Å². The highest BCUT2D eigenvalue weighted by Gasteiger charge is 2.27. The maximum atomic E-state index is 12.5. The lowest BCUT2D eigenvalue weighted by Crippen LogP contribution is -2.25. The number of nitrogens with zero attached hydrogens (tertiary/aromatic N) is 2. The van der Waals surface area contributed by atoms with Crippen molar-refractivity contribution in [3.05, 3.63) is 40.5 Å². The summed E-state index contributed by atoms with van der Waals surface area (Å²) in [7, 11) is 2.94. The van der Waals surface area contributed by atoms with E-state index in [0.29, 0.717) is 16.8 Å². The molecular formula is C16H19N3O5. The van der Waals surface area contributed by atoms with Crippen LogP contribution in [0.2, 0.25) is 0 Å². The lowest BCUT2D eigenvalue weighted by molar-refractivity contribution is 0.0316. The van der Waals surface area contributed by atoms with Gasteiger partial charge in [-0.05, 0) is 26.3 Å². The highest BCUT2D eigenvalue weighted by Crippen LogP contribution is 2.21. The number of aromatic nitrogens is 3.